The summed E-state index contributed by atoms with van der Waals surface area (Å²) >= 11 is 0. The Balaban J connectivity index is 1.49. The van der Waals surface area contributed by atoms with Crippen LogP contribution in [0.1, 0.15) is 22.8 Å². The second-order valence-corrected chi connectivity index (χ2v) is 6.82. The van der Waals surface area contributed by atoms with Crippen molar-refractivity contribution in [2.45, 2.75) is 19.5 Å². The van der Waals surface area contributed by atoms with E-state index in [1.807, 2.05) is 4.90 Å². The predicted octanol–water partition coefficient (Wildman–Crippen LogP) is 2.43. The summed E-state index contributed by atoms with van der Waals surface area (Å²) in [7, 11) is 0. The molecule has 1 aliphatic rings. The lowest BCUT2D eigenvalue weighted by Gasteiger charge is -2.37. The third-order valence-electron chi connectivity index (χ3n) is 5.03. The highest BCUT2D eigenvalue weighted by molar-refractivity contribution is 5.94. The molecule has 2 amide bonds. The van der Waals surface area contributed by atoms with Crippen molar-refractivity contribution >= 4 is 11.8 Å². The lowest BCUT2D eigenvalue weighted by Crippen LogP contribution is -2.54. The van der Waals surface area contributed by atoms with Gasteiger partial charge in [-0.1, -0.05) is 18.2 Å². The Morgan fingerprint density at radius 1 is 1.00 bits per heavy atom. The van der Waals surface area contributed by atoms with Crippen LogP contribution in [-0.2, 0) is 11.3 Å². The van der Waals surface area contributed by atoms with Crippen LogP contribution >= 0.6 is 0 Å². The van der Waals surface area contributed by atoms with Crippen LogP contribution in [0.3, 0.4) is 0 Å². The number of carbonyl (C=O) groups excluding carboxylic acids is 2. The number of nitrogens with one attached hydrogen (secondary N) is 1. The van der Waals surface area contributed by atoms with Crippen LogP contribution in [0.15, 0.2) is 48.5 Å². The molecule has 1 N–H and O–H groups in total. The minimum absolute atomic E-state index is 0.138. The maximum absolute atomic E-state index is 13.7. The molecular formula is C21H23F2N3O2. The first-order valence-corrected chi connectivity index (χ1v) is 9.25. The smallest absolute Gasteiger partial charge is 0.253 e. The summed E-state index contributed by atoms with van der Waals surface area (Å²) in [4.78, 5) is 28.6. The highest BCUT2D eigenvalue weighted by Gasteiger charge is 2.27. The van der Waals surface area contributed by atoms with Gasteiger partial charge in [-0.3, -0.25) is 14.5 Å². The molecule has 2 aromatic carbocycles. The fourth-order valence-electron chi connectivity index (χ4n) is 3.22. The van der Waals surface area contributed by atoms with Gasteiger partial charge >= 0.3 is 0 Å². The highest BCUT2D eigenvalue weighted by Crippen LogP contribution is 2.12. The molecule has 7 heteroatoms. The number of rotatable bonds is 5. The van der Waals surface area contributed by atoms with Gasteiger partial charge in [0.25, 0.3) is 5.91 Å². The summed E-state index contributed by atoms with van der Waals surface area (Å²) < 4.78 is 26.7. The number of nitrogens with zero attached hydrogens (tertiary/aromatic N) is 2. The molecule has 1 heterocycles. The molecule has 0 saturated carbocycles. The molecule has 0 radical (unpaired) electrons. The summed E-state index contributed by atoms with van der Waals surface area (Å²) in [5.74, 6) is -1.04. The van der Waals surface area contributed by atoms with Crippen molar-refractivity contribution in [2.75, 3.05) is 26.2 Å². The van der Waals surface area contributed by atoms with E-state index in [0.29, 0.717) is 37.3 Å². The molecule has 0 aliphatic carbocycles. The van der Waals surface area contributed by atoms with Gasteiger partial charge in [-0.2, -0.15) is 0 Å². The lowest BCUT2D eigenvalue weighted by atomic mass is 10.1. The molecule has 2 aromatic rings. The van der Waals surface area contributed by atoms with E-state index in [1.54, 1.807) is 30.0 Å². The summed E-state index contributed by atoms with van der Waals surface area (Å²) in [5, 5.41) is 2.77. The molecule has 0 aromatic heterocycles. The van der Waals surface area contributed by atoms with E-state index in [-0.39, 0.29) is 36.0 Å². The summed E-state index contributed by atoms with van der Waals surface area (Å²) in [6, 6.07) is 11.4. The zero-order valence-corrected chi connectivity index (χ0v) is 15.7. The van der Waals surface area contributed by atoms with Crippen molar-refractivity contribution in [1.29, 1.82) is 0 Å². The van der Waals surface area contributed by atoms with Gasteiger partial charge in [0.1, 0.15) is 11.6 Å². The molecular weight excluding hydrogens is 364 g/mol. The van der Waals surface area contributed by atoms with Crippen molar-refractivity contribution in [3.8, 4) is 0 Å². The van der Waals surface area contributed by atoms with E-state index in [2.05, 4.69) is 5.32 Å². The first kappa shape index (κ1) is 19.9. The second-order valence-electron chi connectivity index (χ2n) is 6.82. The van der Waals surface area contributed by atoms with Crippen LogP contribution in [-0.4, -0.2) is 53.8 Å². The number of carbonyl (C=O) groups is 2. The van der Waals surface area contributed by atoms with Gasteiger partial charge in [0.2, 0.25) is 5.91 Å². The Labute approximate surface area is 162 Å². The number of hydrogen-bond acceptors (Lipinski definition) is 3. The minimum atomic E-state index is -0.380. The van der Waals surface area contributed by atoms with Gasteiger partial charge in [0.05, 0.1) is 6.04 Å². The van der Waals surface area contributed by atoms with Crippen molar-refractivity contribution < 1.29 is 18.4 Å². The van der Waals surface area contributed by atoms with Gasteiger partial charge in [-0.25, -0.2) is 8.78 Å². The van der Waals surface area contributed by atoms with E-state index in [0.717, 1.165) is 0 Å². The van der Waals surface area contributed by atoms with Crippen molar-refractivity contribution in [1.82, 2.24) is 15.1 Å². The monoisotopic (exact) mass is 387 g/mol. The number of piperazine rings is 1. The molecule has 1 saturated heterocycles. The Bertz CT molecular complexity index is 834. The van der Waals surface area contributed by atoms with Gasteiger partial charge < -0.3 is 10.2 Å². The van der Waals surface area contributed by atoms with E-state index >= 15 is 0 Å². The second kappa shape index (κ2) is 8.93. The van der Waals surface area contributed by atoms with Crippen molar-refractivity contribution in [3.05, 3.63) is 71.3 Å². The van der Waals surface area contributed by atoms with E-state index < -0.39 is 0 Å². The third kappa shape index (κ3) is 4.72. The zero-order valence-electron chi connectivity index (χ0n) is 15.7. The maximum atomic E-state index is 13.7. The first-order valence-electron chi connectivity index (χ1n) is 9.25. The standard InChI is InChI=1S/C21H23F2N3O2/c1-15(20(27)24-14-17-4-2-3-5-19(17)23)25-10-12-26(13-11-25)21(28)16-6-8-18(22)9-7-16/h2-9,15H,10-14H2,1H3,(H,24,27). The SMILES string of the molecule is CC(C(=O)NCc1ccccc1F)N1CCN(C(=O)c2ccc(F)cc2)CC1. The third-order valence-corrected chi connectivity index (χ3v) is 5.03. The molecule has 1 fully saturated rings. The van der Waals surface area contributed by atoms with Crippen molar-refractivity contribution in [2.24, 2.45) is 0 Å². The van der Waals surface area contributed by atoms with Crippen LogP contribution in [0.2, 0.25) is 0 Å². The first-order chi connectivity index (χ1) is 13.5. The number of benzene rings is 2. The van der Waals surface area contributed by atoms with Crippen LogP contribution < -0.4 is 5.32 Å². The van der Waals surface area contributed by atoms with E-state index in [4.69, 9.17) is 0 Å². The molecule has 3 rings (SSSR count). The largest absolute Gasteiger partial charge is 0.351 e. The van der Waals surface area contributed by atoms with Gasteiger partial charge in [-0.15, -0.1) is 0 Å². The molecule has 5 nitrogen and oxygen atoms in total. The van der Waals surface area contributed by atoms with E-state index in [1.165, 1.54) is 30.3 Å². The predicted molar refractivity (Wildman–Crippen MR) is 102 cm³/mol. The Kier molecular flexibility index (Phi) is 6.36. The van der Waals surface area contributed by atoms with Gasteiger partial charge in [0, 0.05) is 43.9 Å². The average Bonchev–Trinajstić information content (AvgIpc) is 2.72. The minimum Gasteiger partial charge on any atom is -0.351 e. The fourth-order valence-corrected chi connectivity index (χ4v) is 3.22. The Morgan fingerprint density at radius 3 is 2.29 bits per heavy atom. The molecule has 1 aliphatic heterocycles. The highest BCUT2D eigenvalue weighted by atomic mass is 19.1. The van der Waals surface area contributed by atoms with Crippen LogP contribution in [0.5, 0.6) is 0 Å². The molecule has 1 unspecified atom stereocenters. The van der Waals surface area contributed by atoms with Gasteiger partial charge in [-0.05, 0) is 37.3 Å². The fraction of sp³-hybridized carbons (Fsp3) is 0.333. The molecule has 0 bridgehead atoms. The molecule has 0 spiro atoms. The van der Waals surface area contributed by atoms with Crippen molar-refractivity contribution in [3.63, 3.8) is 0 Å². The molecule has 1 atom stereocenters. The van der Waals surface area contributed by atoms with Gasteiger partial charge in [0.15, 0.2) is 0 Å². The quantitative estimate of drug-likeness (QED) is 0.857. The molecule has 28 heavy (non-hydrogen) atoms. The Hall–Kier alpha value is -2.80. The van der Waals surface area contributed by atoms with E-state index in [9.17, 15) is 18.4 Å². The summed E-state index contributed by atoms with van der Waals surface area (Å²) in [6.07, 6.45) is 0. The zero-order chi connectivity index (χ0) is 20.1. The topological polar surface area (TPSA) is 52.7 Å². The summed E-state index contributed by atoms with van der Waals surface area (Å²) in [5.41, 5.74) is 0.892. The lowest BCUT2D eigenvalue weighted by molar-refractivity contribution is -0.126. The number of amides is 2. The van der Waals surface area contributed by atoms with Crippen LogP contribution in [0, 0.1) is 11.6 Å². The molecule has 148 valence electrons. The maximum Gasteiger partial charge on any atom is 0.253 e. The Morgan fingerprint density at radius 2 is 1.64 bits per heavy atom. The number of halogens is 2. The summed E-state index contributed by atoms with van der Waals surface area (Å²) in [6.45, 7) is 4.03. The van der Waals surface area contributed by atoms with Crippen LogP contribution in [0.25, 0.3) is 0 Å². The normalized spacial score (nSPS) is 15.9. The van der Waals surface area contributed by atoms with Crippen LogP contribution in [0.4, 0.5) is 8.78 Å². The number of hydrogen-bond donors (Lipinski definition) is 1. The average molecular weight is 387 g/mol.